The van der Waals surface area contributed by atoms with E-state index in [4.69, 9.17) is 7.85 Å². The molecule has 0 fully saturated rings. The van der Waals surface area contributed by atoms with E-state index in [1.807, 2.05) is 0 Å². The van der Waals surface area contributed by atoms with Crippen LogP contribution < -0.4 is 0 Å². The van der Waals surface area contributed by atoms with Crippen molar-refractivity contribution in [3.8, 4) is 0 Å². The molecule has 0 amide bonds. The molecule has 52 valence electrons. The Bertz CT molecular complexity index is 186. The smallest absolute Gasteiger partial charge is 0.257 e. The molecule has 0 aromatic carbocycles. The summed E-state index contributed by atoms with van der Waals surface area (Å²) in [5.74, 6) is 0. The zero-order valence-corrected chi connectivity index (χ0v) is 5.83. The largest absolute Gasteiger partial charge is 0.258 e. The van der Waals surface area contributed by atoms with Crippen molar-refractivity contribution in [2.24, 2.45) is 0 Å². The number of nitrogens with zero attached hydrogens (tertiary/aromatic N) is 1. The summed E-state index contributed by atoms with van der Waals surface area (Å²) in [6.45, 7) is 5.02. The minimum Gasteiger partial charge on any atom is -0.258 e. The lowest BCUT2D eigenvalue weighted by Crippen LogP contribution is -1.99. The van der Waals surface area contributed by atoms with Gasteiger partial charge in [-0.2, -0.15) is 0 Å². The highest BCUT2D eigenvalue weighted by molar-refractivity contribution is 6.21. The third-order valence-corrected chi connectivity index (χ3v) is 1.10. The summed E-state index contributed by atoms with van der Waals surface area (Å²) in [5, 5.41) is 10.1. The van der Waals surface area contributed by atoms with Crippen molar-refractivity contribution in [1.82, 2.24) is 0 Å². The van der Waals surface area contributed by atoms with E-state index in [9.17, 15) is 10.1 Å². The molecule has 10 heavy (non-hydrogen) atoms. The van der Waals surface area contributed by atoms with E-state index < -0.39 is 4.92 Å². The highest BCUT2D eigenvalue weighted by atomic mass is 16.6. The minimum absolute atomic E-state index is 0.0949. The summed E-state index contributed by atoms with van der Waals surface area (Å²) in [7, 11) is 5.30. The SMILES string of the molecule is [B]/C(CC)=C(/C=C)[N+](=O)[O-]. The first-order valence-electron chi connectivity index (χ1n) is 2.89. The molecule has 3 nitrogen and oxygen atoms in total. The first-order chi connectivity index (χ1) is 4.63. The molecule has 0 aromatic heterocycles. The van der Waals surface area contributed by atoms with Crippen molar-refractivity contribution in [2.75, 3.05) is 0 Å². The maximum absolute atomic E-state index is 10.1. The van der Waals surface area contributed by atoms with Gasteiger partial charge < -0.3 is 0 Å². The number of hydrogen-bond acceptors (Lipinski definition) is 2. The van der Waals surface area contributed by atoms with E-state index in [2.05, 4.69) is 6.58 Å². The van der Waals surface area contributed by atoms with Gasteiger partial charge >= 0.3 is 0 Å². The number of hydrogen-bond donors (Lipinski definition) is 0. The van der Waals surface area contributed by atoms with Crippen molar-refractivity contribution in [2.45, 2.75) is 13.3 Å². The van der Waals surface area contributed by atoms with Crippen molar-refractivity contribution >= 4 is 7.85 Å². The molecule has 0 heterocycles. The lowest BCUT2D eigenvalue weighted by molar-refractivity contribution is -0.419. The molecule has 0 aromatic rings. The van der Waals surface area contributed by atoms with Gasteiger partial charge in [0.05, 0.1) is 4.92 Å². The van der Waals surface area contributed by atoms with E-state index in [1.165, 1.54) is 0 Å². The van der Waals surface area contributed by atoms with E-state index in [0.717, 1.165) is 6.08 Å². The summed E-state index contributed by atoms with van der Waals surface area (Å²) in [6.07, 6.45) is 1.63. The van der Waals surface area contributed by atoms with Gasteiger partial charge in [-0.25, -0.2) is 0 Å². The summed E-state index contributed by atoms with van der Waals surface area (Å²) in [4.78, 5) is 9.59. The van der Waals surface area contributed by atoms with Gasteiger partial charge in [-0.15, -0.1) is 0 Å². The molecule has 0 aliphatic rings. The van der Waals surface area contributed by atoms with Crippen LogP contribution in [0, 0.1) is 10.1 Å². The predicted octanol–water partition coefficient (Wildman–Crippen LogP) is 1.24. The molecule has 0 unspecified atom stereocenters. The van der Waals surface area contributed by atoms with Gasteiger partial charge in [-0.3, -0.25) is 10.1 Å². The summed E-state index contributed by atoms with van der Waals surface area (Å²) >= 11 is 0. The van der Waals surface area contributed by atoms with Crippen LogP contribution >= 0.6 is 0 Å². The van der Waals surface area contributed by atoms with Crippen molar-refractivity contribution in [3.05, 3.63) is 33.9 Å². The number of rotatable bonds is 3. The summed E-state index contributed by atoms with van der Waals surface area (Å²) in [6, 6.07) is 0. The fourth-order valence-electron chi connectivity index (χ4n) is 0.504. The van der Waals surface area contributed by atoms with Gasteiger partial charge in [-0.1, -0.05) is 13.5 Å². The molecule has 0 aliphatic heterocycles. The van der Waals surface area contributed by atoms with Crippen molar-refractivity contribution in [1.29, 1.82) is 0 Å². The average molecular weight is 137 g/mol. The molecule has 0 spiro atoms. The Morgan fingerprint density at radius 2 is 2.40 bits per heavy atom. The molecular weight excluding hydrogens is 129 g/mol. The zero-order valence-electron chi connectivity index (χ0n) is 5.83. The molecule has 2 radical (unpaired) electrons. The van der Waals surface area contributed by atoms with Crippen LogP contribution in [0.1, 0.15) is 13.3 Å². The maximum atomic E-state index is 10.1. The van der Waals surface area contributed by atoms with Crippen LogP contribution in [0.15, 0.2) is 23.8 Å². The molecule has 0 N–H and O–H groups in total. The lowest BCUT2D eigenvalue weighted by Gasteiger charge is -1.95. The predicted molar refractivity (Wildman–Crippen MR) is 40.3 cm³/mol. The summed E-state index contributed by atoms with van der Waals surface area (Å²) in [5.41, 5.74) is 0.169. The Morgan fingerprint density at radius 1 is 1.90 bits per heavy atom. The highest BCUT2D eigenvalue weighted by Crippen LogP contribution is 2.05. The second-order valence-corrected chi connectivity index (χ2v) is 1.73. The van der Waals surface area contributed by atoms with Gasteiger partial charge in [0, 0.05) is 6.08 Å². The normalized spacial score (nSPS) is 12.1. The molecule has 4 heteroatoms. The Balaban J connectivity index is 4.62. The standard InChI is InChI=1S/C6H8BNO2/c1-3-5(7)6(4-2)8(9)10/h4H,2-3H2,1H3/b6-5-. The molecule has 0 rings (SSSR count). The Morgan fingerprint density at radius 3 is 2.50 bits per heavy atom. The second kappa shape index (κ2) is 3.87. The van der Waals surface area contributed by atoms with Gasteiger partial charge in [0.1, 0.15) is 7.85 Å². The zero-order chi connectivity index (χ0) is 8.15. The molecule has 0 saturated carbocycles. The van der Waals surface area contributed by atoms with E-state index >= 15 is 0 Å². The van der Waals surface area contributed by atoms with Crippen molar-refractivity contribution < 1.29 is 4.92 Å². The monoisotopic (exact) mass is 137 g/mol. The van der Waals surface area contributed by atoms with Crippen LogP contribution in [0.2, 0.25) is 0 Å². The molecule has 0 aliphatic carbocycles. The first-order valence-corrected chi connectivity index (χ1v) is 2.89. The highest BCUT2D eigenvalue weighted by Gasteiger charge is 2.06. The quantitative estimate of drug-likeness (QED) is 0.254. The van der Waals surface area contributed by atoms with Crippen molar-refractivity contribution in [3.63, 3.8) is 0 Å². The average Bonchev–Trinajstić information content (AvgIpc) is 1.88. The Kier molecular flexibility index (Phi) is 3.47. The molecule has 0 saturated heterocycles. The van der Waals surface area contributed by atoms with E-state index in [-0.39, 0.29) is 11.2 Å². The third kappa shape index (κ3) is 2.05. The third-order valence-electron chi connectivity index (χ3n) is 1.10. The van der Waals surface area contributed by atoms with Gasteiger partial charge in [0.25, 0.3) is 5.70 Å². The maximum Gasteiger partial charge on any atom is 0.257 e. The van der Waals surface area contributed by atoms with Crippen LogP contribution in [-0.2, 0) is 0 Å². The topological polar surface area (TPSA) is 43.1 Å². The lowest BCUT2D eigenvalue weighted by atomic mass is 9.91. The Labute approximate surface area is 61.0 Å². The number of allylic oxidation sites excluding steroid dienone is 2. The molecule has 0 bridgehead atoms. The van der Waals surface area contributed by atoms with Crippen LogP contribution in [0.5, 0.6) is 0 Å². The number of nitro groups is 1. The van der Waals surface area contributed by atoms with E-state index in [1.54, 1.807) is 6.92 Å². The van der Waals surface area contributed by atoms with Crippen LogP contribution in [0.25, 0.3) is 0 Å². The molecule has 0 atom stereocenters. The summed E-state index contributed by atoms with van der Waals surface area (Å²) < 4.78 is 0. The second-order valence-electron chi connectivity index (χ2n) is 1.73. The molecular formula is C6H8BNO2. The van der Waals surface area contributed by atoms with Crippen LogP contribution in [0.3, 0.4) is 0 Å². The minimum atomic E-state index is -0.536. The van der Waals surface area contributed by atoms with Gasteiger partial charge in [0.2, 0.25) is 0 Å². The van der Waals surface area contributed by atoms with Gasteiger partial charge in [0.15, 0.2) is 0 Å². The van der Waals surface area contributed by atoms with Gasteiger partial charge in [-0.05, 0) is 11.9 Å². The van der Waals surface area contributed by atoms with E-state index in [0.29, 0.717) is 6.42 Å². The fraction of sp³-hybridized carbons (Fsp3) is 0.333. The van der Waals surface area contributed by atoms with Crippen LogP contribution in [-0.4, -0.2) is 12.8 Å². The van der Waals surface area contributed by atoms with Crippen LogP contribution in [0.4, 0.5) is 0 Å². The first kappa shape index (κ1) is 8.94. The fourth-order valence-corrected chi connectivity index (χ4v) is 0.504. The Hall–Kier alpha value is -1.06.